The summed E-state index contributed by atoms with van der Waals surface area (Å²) in [7, 11) is -1.04. The van der Waals surface area contributed by atoms with Crippen LogP contribution in [0.5, 0.6) is 0 Å². The summed E-state index contributed by atoms with van der Waals surface area (Å²) in [5, 5.41) is -0.0605. The minimum Gasteiger partial charge on any atom is -1.00 e. The molecular weight excluding hydrogens is 446 g/mol. The molecule has 2 aliphatic carbocycles. The Kier molecular flexibility index (Phi) is 11.5. The molecule has 0 radical (unpaired) electrons. The van der Waals surface area contributed by atoms with E-state index in [0.717, 1.165) is 12.8 Å². The summed E-state index contributed by atoms with van der Waals surface area (Å²) in [5.41, 5.74) is 8.93. The van der Waals surface area contributed by atoms with Gasteiger partial charge in [-0.1, -0.05) is 0 Å². The molecule has 0 saturated carbocycles. The van der Waals surface area contributed by atoms with Gasteiger partial charge < -0.3 is 37.2 Å². The first-order chi connectivity index (χ1) is 9.32. The van der Waals surface area contributed by atoms with Gasteiger partial charge in [-0.15, -0.1) is 0 Å². The van der Waals surface area contributed by atoms with Crippen LogP contribution >= 0.6 is 0 Å². The fourth-order valence-electron chi connectivity index (χ4n) is 3.82. The van der Waals surface area contributed by atoms with E-state index in [1.54, 1.807) is 11.1 Å². The van der Waals surface area contributed by atoms with Crippen LogP contribution in [0.4, 0.5) is 0 Å². The van der Waals surface area contributed by atoms with Crippen molar-refractivity contribution in [3.63, 3.8) is 0 Å². The van der Waals surface area contributed by atoms with Gasteiger partial charge in [0, 0.05) is 0 Å². The first-order valence-corrected chi connectivity index (χ1v) is 11.3. The fourth-order valence-corrected chi connectivity index (χ4v) is 8.45. The molecule has 0 amide bonds. The second-order valence-electron chi connectivity index (χ2n) is 6.65. The van der Waals surface area contributed by atoms with Crippen molar-refractivity contribution >= 4 is 8.80 Å². The first-order valence-electron chi connectivity index (χ1n) is 7.42. The maximum Gasteiger partial charge on any atom is -1.00 e. The average molecular weight is 471 g/mol. The van der Waals surface area contributed by atoms with E-state index < -0.39 is 8.80 Å². The van der Waals surface area contributed by atoms with Crippen molar-refractivity contribution in [3.05, 3.63) is 45.6 Å². The average Bonchev–Trinajstić information content (AvgIpc) is 2.84. The van der Waals surface area contributed by atoms with Crippen molar-refractivity contribution in [1.29, 1.82) is 0 Å². The van der Waals surface area contributed by atoms with Crippen LogP contribution in [0.25, 0.3) is 0 Å². The SMILES string of the molecule is CC1=CC(C)=C(C([O][Zr+3])(C2=C(C)C=C(C)C2)[SiH](C)C)C1.[Cl-].[Cl-].[Cl-]. The van der Waals surface area contributed by atoms with Crippen LogP contribution in [0.3, 0.4) is 0 Å². The molecule has 0 saturated heterocycles. The molecule has 6 heteroatoms. The quantitative estimate of drug-likeness (QED) is 0.377. The summed E-state index contributed by atoms with van der Waals surface area (Å²) in [6.07, 6.45) is 6.89. The van der Waals surface area contributed by atoms with Gasteiger partial charge in [-0.2, -0.15) is 0 Å². The van der Waals surface area contributed by atoms with E-state index >= 15 is 0 Å². The Bertz CT molecular complexity index is 520. The zero-order chi connectivity index (χ0) is 15.1. The van der Waals surface area contributed by atoms with E-state index in [2.05, 4.69) is 52.9 Å². The third-order valence-corrected chi connectivity index (χ3v) is 8.47. The summed E-state index contributed by atoms with van der Waals surface area (Å²) >= 11 is 1.19. The minimum absolute atomic E-state index is 0. The van der Waals surface area contributed by atoms with Crippen molar-refractivity contribution in [2.45, 2.75) is 58.9 Å². The van der Waals surface area contributed by atoms with Gasteiger partial charge in [0.25, 0.3) is 0 Å². The van der Waals surface area contributed by atoms with Gasteiger partial charge >= 0.3 is 141 Å². The van der Waals surface area contributed by atoms with Gasteiger partial charge in [0.15, 0.2) is 0 Å². The molecule has 0 heterocycles. The zero-order valence-electron chi connectivity index (χ0n) is 14.7. The topological polar surface area (TPSA) is 9.23 Å². The Hall–Kier alpha value is 0.890. The third kappa shape index (κ3) is 4.74. The van der Waals surface area contributed by atoms with Crippen LogP contribution in [0.2, 0.25) is 13.1 Å². The van der Waals surface area contributed by atoms with Gasteiger partial charge in [-0.3, -0.25) is 0 Å². The van der Waals surface area contributed by atoms with Gasteiger partial charge in [-0.25, -0.2) is 0 Å². The molecule has 0 aliphatic heterocycles. The van der Waals surface area contributed by atoms with Gasteiger partial charge in [-0.05, 0) is 0 Å². The van der Waals surface area contributed by atoms with Crippen LogP contribution in [0.15, 0.2) is 45.6 Å². The van der Waals surface area contributed by atoms with Crippen molar-refractivity contribution in [2.75, 3.05) is 0 Å². The van der Waals surface area contributed by atoms with Crippen molar-refractivity contribution < 1.29 is 65.2 Å². The predicted molar refractivity (Wildman–Crippen MR) is 84.8 cm³/mol. The molecule has 2 aliphatic rings. The van der Waals surface area contributed by atoms with E-state index in [-0.39, 0.29) is 42.4 Å². The van der Waals surface area contributed by atoms with Crippen LogP contribution in [-0.2, 0) is 28.0 Å². The maximum atomic E-state index is 6.37. The fraction of sp³-hybridized carbons (Fsp3) is 0.529. The molecule has 23 heavy (non-hydrogen) atoms. The molecule has 0 aromatic rings. The van der Waals surface area contributed by atoms with E-state index in [1.807, 2.05) is 0 Å². The van der Waals surface area contributed by atoms with Crippen molar-refractivity contribution in [1.82, 2.24) is 0 Å². The predicted octanol–water partition coefficient (Wildman–Crippen LogP) is -4.43. The van der Waals surface area contributed by atoms with Crippen molar-refractivity contribution in [2.24, 2.45) is 0 Å². The van der Waals surface area contributed by atoms with Gasteiger partial charge in [0.1, 0.15) is 0 Å². The molecule has 0 bridgehead atoms. The largest absolute Gasteiger partial charge is 1.00 e. The summed E-state index contributed by atoms with van der Waals surface area (Å²) in [5.74, 6) is 0. The third-order valence-electron chi connectivity index (χ3n) is 4.66. The molecule has 0 aromatic carbocycles. The molecule has 0 aromatic heterocycles. The molecule has 0 fully saturated rings. The summed E-state index contributed by atoms with van der Waals surface area (Å²) in [6, 6.07) is 0. The summed E-state index contributed by atoms with van der Waals surface area (Å²) in [4.78, 5) is 0. The zero-order valence-corrected chi connectivity index (χ0v) is 20.6. The Morgan fingerprint density at radius 1 is 0.870 bits per heavy atom. The van der Waals surface area contributed by atoms with E-state index in [4.69, 9.17) is 2.81 Å². The second kappa shape index (κ2) is 10.1. The Balaban J connectivity index is 0. The smallest absolute Gasteiger partial charge is 1.00 e. The molecule has 0 unspecified atom stereocenters. The Morgan fingerprint density at radius 3 is 1.39 bits per heavy atom. The van der Waals surface area contributed by atoms with Gasteiger partial charge in [0.05, 0.1) is 0 Å². The molecular formula is C17H25Cl3OSiZr. The number of rotatable bonds is 4. The minimum atomic E-state index is -1.04. The molecule has 0 atom stereocenters. The standard InChI is InChI=1S/C17H25OSi.3ClH.Zr/c1-11-7-13(3)15(9-11)17(18,19(5)6)16-10-12(2)8-14(16)4;;;;/h7-8,19H,9-10H2,1-6H3;3*1H;/q-1;;;;+4/p-3. The Morgan fingerprint density at radius 2 is 1.22 bits per heavy atom. The van der Waals surface area contributed by atoms with Crippen LogP contribution in [0, 0.1) is 0 Å². The number of hydrogen-bond donors (Lipinski definition) is 0. The molecule has 0 spiro atoms. The van der Waals surface area contributed by atoms with Crippen LogP contribution in [-0.4, -0.2) is 14.0 Å². The second-order valence-corrected chi connectivity index (χ2v) is 10.3. The summed E-state index contributed by atoms with van der Waals surface area (Å²) < 4.78 is 6.37. The number of allylic oxidation sites excluding steroid dienone is 6. The van der Waals surface area contributed by atoms with Crippen molar-refractivity contribution in [3.8, 4) is 0 Å². The van der Waals surface area contributed by atoms with Crippen LogP contribution < -0.4 is 37.2 Å². The van der Waals surface area contributed by atoms with Gasteiger partial charge in [0.2, 0.25) is 0 Å². The van der Waals surface area contributed by atoms with E-state index in [9.17, 15) is 0 Å². The van der Waals surface area contributed by atoms with E-state index in [1.165, 1.54) is 47.5 Å². The maximum absolute atomic E-state index is 6.37. The van der Waals surface area contributed by atoms with Crippen LogP contribution in [0.1, 0.15) is 40.5 Å². The monoisotopic (exact) mass is 468 g/mol. The number of hydrogen-bond acceptors (Lipinski definition) is 1. The normalized spacial score (nSPS) is 17.6. The molecule has 2 rings (SSSR count). The summed E-state index contributed by atoms with van der Waals surface area (Å²) in [6.45, 7) is 13.9. The molecule has 1 nitrogen and oxygen atoms in total. The molecule has 0 N–H and O–H groups in total. The van der Waals surface area contributed by atoms with E-state index in [0.29, 0.717) is 0 Å². The Labute approximate surface area is 177 Å². The first kappa shape index (κ1) is 26.1. The molecule has 128 valence electrons. The number of halogens is 3.